The Labute approximate surface area is 93.9 Å². The largest absolute Gasteiger partial charge is 0.550 e. The standard InChI is InChI=1S/C12H14O4/c1-8(7-12(14)15)10-3-5-11(6-4-10)16-9(2)13/h3-6,8H,7H2,1-2H3,(H,14,15)/p-1. The molecule has 1 atom stereocenters. The summed E-state index contributed by atoms with van der Waals surface area (Å²) in [6.45, 7) is 3.13. The van der Waals surface area contributed by atoms with Crippen molar-refractivity contribution in [3.63, 3.8) is 0 Å². The third kappa shape index (κ3) is 3.73. The van der Waals surface area contributed by atoms with E-state index in [1.54, 1.807) is 31.2 Å². The van der Waals surface area contributed by atoms with Crippen LogP contribution in [0, 0.1) is 0 Å². The number of carbonyl (C=O) groups excluding carboxylic acids is 2. The Morgan fingerprint density at radius 1 is 1.31 bits per heavy atom. The van der Waals surface area contributed by atoms with Gasteiger partial charge in [0.1, 0.15) is 5.75 Å². The fourth-order valence-electron chi connectivity index (χ4n) is 1.40. The molecule has 4 heteroatoms. The fraction of sp³-hybridized carbons (Fsp3) is 0.333. The first-order valence-corrected chi connectivity index (χ1v) is 4.97. The van der Waals surface area contributed by atoms with Gasteiger partial charge in [-0.1, -0.05) is 19.1 Å². The van der Waals surface area contributed by atoms with E-state index in [0.717, 1.165) is 5.56 Å². The van der Waals surface area contributed by atoms with Gasteiger partial charge in [0.2, 0.25) is 0 Å². The molecule has 0 aliphatic carbocycles. The molecule has 1 rings (SSSR count). The summed E-state index contributed by atoms with van der Waals surface area (Å²) in [5, 5.41) is 10.4. The van der Waals surface area contributed by atoms with Gasteiger partial charge in [-0.05, 0) is 30.0 Å². The van der Waals surface area contributed by atoms with Crippen LogP contribution in [0.5, 0.6) is 5.75 Å². The minimum atomic E-state index is -1.07. The van der Waals surface area contributed by atoms with E-state index in [4.69, 9.17) is 4.74 Å². The number of benzene rings is 1. The Bertz CT molecular complexity index is 381. The number of aliphatic carboxylic acids is 1. The van der Waals surface area contributed by atoms with Gasteiger partial charge in [0.05, 0.1) is 0 Å². The monoisotopic (exact) mass is 221 g/mol. The minimum Gasteiger partial charge on any atom is -0.550 e. The third-order valence-electron chi connectivity index (χ3n) is 2.18. The van der Waals surface area contributed by atoms with E-state index in [9.17, 15) is 14.7 Å². The maximum Gasteiger partial charge on any atom is 0.308 e. The quantitative estimate of drug-likeness (QED) is 0.558. The predicted octanol–water partition coefficient (Wildman–Crippen LogP) is 0.855. The number of carbonyl (C=O) groups is 2. The second-order valence-corrected chi connectivity index (χ2v) is 3.64. The smallest absolute Gasteiger partial charge is 0.308 e. The van der Waals surface area contributed by atoms with Crippen molar-refractivity contribution in [2.75, 3.05) is 0 Å². The Hall–Kier alpha value is -1.84. The molecule has 1 aromatic rings. The van der Waals surface area contributed by atoms with Crippen LogP contribution in [0.4, 0.5) is 0 Å². The highest BCUT2D eigenvalue weighted by Crippen LogP contribution is 2.21. The number of hydrogen-bond acceptors (Lipinski definition) is 4. The molecule has 16 heavy (non-hydrogen) atoms. The van der Waals surface area contributed by atoms with Crippen LogP contribution in [0.3, 0.4) is 0 Å². The summed E-state index contributed by atoms with van der Waals surface area (Å²) >= 11 is 0. The molecule has 1 aromatic carbocycles. The lowest BCUT2D eigenvalue weighted by Gasteiger charge is -2.12. The molecule has 0 aromatic heterocycles. The lowest BCUT2D eigenvalue weighted by Crippen LogP contribution is -2.23. The predicted molar refractivity (Wildman–Crippen MR) is 55.8 cm³/mol. The fourth-order valence-corrected chi connectivity index (χ4v) is 1.40. The first-order chi connectivity index (χ1) is 7.49. The summed E-state index contributed by atoms with van der Waals surface area (Å²) in [5.74, 6) is -1.11. The first kappa shape index (κ1) is 12.2. The highest BCUT2D eigenvalue weighted by atomic mass is 16.5. The van der Waals surface area contributed by atoms with E-state index in [1.807, 2.05) is 0 Å². The summed E-state index contributed by atoms with van der Waals surface area (Å²) < 4.78 is 4.86. The van der Waals surface area contributed by atoms with Gasteiger partial charge in [0.15, 0.2) is 0 Å². The van der Waals surface area contributed by atoms with Gasteiger partial charge in [0, 0.05) is 12.9 Å². The summed E-state index contributed by atoms with van der Waals surface area (Å²) in [6, 6.07) is 6.77. The Kier molecular flexibility index (Phi) is 4.05. The Morgan fingerprint density at radius 2 is 1.88 bits per heavy atom. The molecule has 0 heterocycles. The average molecular weight is 221 g/mol. The molecule has 1 unspecified atom stereocenters. The molecule has 0 saturated heterocycles. The van der Waals surface area contributed by atoms with Crippen molar-refractivity contribution < 1.29 is 19.4 Å². The van der Waals surface area contributed by atoms with Gasteiger partial charge in [-0.15, -0.1) is 0 Å². The zero-order valence-corrected chi connectivity index (χ0v) is 9.23. The molecule has 0 spiro atoms. The number of hydrogen-bond donors (Lipinski definition) is 0. The van der Waals surface area contributed by atoms with Crippen molar-refractivity contribution in [1.29, 1.82) is 0 Å². The highest BCUT2D eigenvalue weighted by Gasteiger charge is 2.06. The zero-order chi connectivity index (χ0) is 12.1. The Balaban J connectivity index is 2.70. The van der Waals surface area contributed by atoms with E-state index in [2.05, 4.69) is 0 Å². The molecule has 0 N–H and O–H groups in total. The molecule has 86 valence electrons. The second-order valence-electron chi connectivity index (χ2n) is 3.64. The molecule has 4 nitrogen and oxygen atoms in total. The van der Waals surface area contributed by atoms with E-state index in [0.29, 0.717) is 5.75 Å². The van der Waals surface area contributed by atoms with Crippen molar-refractivity contribution in [3.05, 3.63) is 29.8 Å². The van der Waals surface area contributed by atoms with Crippen LogP contribution in [-0.4, -0.2) is 11.9 Å². The maximum atomic E-state index is 10.7. The van der Waals surface area contributed by atoms with Crippen LogP contribution in [0.2, 0.25) is 0 Å². The van der Waals surface area contributed by atoms with Crippen LogP contribution < -0.4 is 9.84 Å². The molecular formula is C12H13O4-. The van der Waals surface area contributed by atoms with Crippen molar-refractivity contribution in [2.24, 2.45) is 0 Å². The van der Waals surface area contributed by atoms with Crippen LogP contribution >= 0.6 is 0 Å². The summed E-state index contributed by atoms with van der Waals surface area (Å²) in [5.41, 5.74) is 0.875. The molecule has 0 bridgehead atoms. The van der Waals surface area contributed by atoms with Crippen molar-refractivity contribution in [2.45, 2.75) is 26.2 Å². The lowest BCUT2D eigenvalue weighted by molar-refractivity contribution is -0.306. The molecule has 0 amide bonds. The van der Waals surface area contributed by atoms with Crippen molar-refractivity contribution in [1.82, 2.24) is 0 Å². The molecule has 0 saturated carbocycles. The zero-order valence-electron chi connectivity index (χ0n) is 9.23. The topological polar surface area (TPSA) is 66.4 Å². The number of rotatable bonds is 4. The van der Waals surface area contributed by atoms with E-state index >= 15 is 0 Å². The summed E-state index contributed by atoms with van der Waals surface area (Å²) in [7, 11) is 0. The second kappa shape index (κ2) is 5.30. The van der Waals surface area contributed by atoms with Crippen LogP contribution in [0.25, 0.3) is 0 Å². The number of carboxylic acid groups (broad SMARTS) is 1. The molecule has 0 fully saturated rings. The molecule has 0 aliphatic rings. The molecular weight excluding hydrogens is 208 g/mol. The highest BCUT2D eigenvalue weighted by molar-refractivity contribution is 5.69. The van der Waals surface area contributed by atoms with Crippen LogP contribution in [-0.2, 0) is 9.59 Å². The van der Waals surface area contributed by atoms with Gasteiger partial charge in [-0.2, -0.15) is 0 Å². The van der Waals surface area contributed by atoms with Gasteiger partial charge in [0.25, 0.3) is 0 Å². The SMILES string of the molecule is CC(=O)Oc1ccc(C(C)CC(=O)[O-])cc1. The van der Waals surface area contributed by atoms with Gasteiger partial charge in [-0.25, -0.2) is 0 Å². The summed E-state index contributed by atoms with van der Waals surface area (Å²) in [4.78, 5) is 21.1. The maximum absolute atomic E-state index is 10.7. The lowest BCUT2D eigenvalue weighted by atomic mass is 9.98. The van der Waals surface area contributed by atoms with Crippen LogP contribution in [0.15, 0.2) is 24.3 Å². The number of ether oxygens (including phenoxy) is 1. The van der Waals surface area contributed by atoms with E-state index < -0.39 is 5.97 Å². The number of carboxylic acids is 1. The van der Waals surface area contributed by atoms with Crippen molar-refractivity contribution >= 4 is 11.9 Å². The van der Waals surface area contributed by atoms with Gasteiger partial charge < -0.3 is 14.6 Å². The molecule has 0 aliphatic heterocycles. The van der Waals surface area contributed by atoms with Crippen LogP contribution in [0.1, 0.15) is 31.7 Å². The minimum absolute atomic E-state index is 0.0209. The first-order valence-electron chi connectivity index (χ1n) is 4.97. The normalized spacial score (nSPS) is 11.9. The van der Waals surface area contributed by atoms with Crippen molar-refractivity contribution in [3.8, 4) is 5.75 Å². The Morgan fingerprint density at radius 3 is 2.31 bits per heavy atom. The summed E-state index contributed by atoms with van der Waals surface area (Å²) in [6.07, 6.45) is -0.0209. The van der Waals surface area contributed by atoms with E-state index in [-0.39, 0.29) is 18.3 Å². The third-order valence-corrected chi connectivity index (χ3v) is 2.18. The number of esters is 1. The van der Waals surface area contributed by atoms with Gasteiger partial charge >= 0.3 is 5.97 Å². The van der Waals surface area contributed by atoms with E-state index in [1.165, 1.54) is 6.92 Å². The molecule has 0 radical (unpaired) electrons. The average Bonchev–Trinajstić information content (AvgIpc) is 2.16. The van der Waals surface area contributed by atoms with Gasteiger partial charge in [-0.3, -0.25) is 4.79 Å².